The summed E-state index contributed by atoms with van der Waals surface area (Å²) in [5.41, 5.74) is 0. The summed E-state index contributed by atoms with van der Waals surface area (Å²) < 4.78 is 6.78. The zero-order valence-corrected chi connectivity index (χ0v) is 12.9. The van der Waals surface area contributed by atoms with Crippen molar-refractivity contribution >= 4 is 94.2 Å². The second-order valence-corrected chi connectivity index (χ2v) is 2.57. The summed E-state index contributed by atoms with van der Waals surface area (Å²) in [6, 6.07) is 0. The fourth-order valence-electron chi connectivity index (χ4n) is 0. The molecule has 0 bridgehead atoms. The molecule has 4 nitrogen and oxygen atoms in total. The van der Waals surface area contributed by atoms with Crippen molar-refractivity contribution in [2.24, 2.45) is 0 Å². The van der Waals surface area contributed by atoms with Crippen LogP contribution in [0.4, 0.5) is 0 Å². The first-order valence-corrected chi connectivity index (χ1v) is 4.54. The van der Waals surface area contributed by atoms with Crippen molar-refractivity contribution in [1.82, 2.24) is 17.4 Å². The van der Waals surface area contributed by atoms with E-state index >= 15 is 0 Å². The minimum absolute atomic E-state index is 0. The molecule has 0 aliphatic rings. The van der Waals surface area contributed by atoms with Gasteiger partial charge in [-0.25, -0.2) is 0 Å². The molecule has 0 amide bonds. The van der Waals surface area contributed by atoms with Crippen LogP contribution in [0.5, 0.6) is 0 Å². The van der Waals surface area contributed by atoms with Crippen LogP contribution < -0.4 is 17.4 Å². The van der Waals surface area contributed by atoms with Crippen LogP contribution in [0.25, 0.3) is 0 Å². The minimum atomic E-state index is 0. The Labute approximate surface area is 131 Å². The van der Waals surface area contributed by atoms with Crippen molar-refractivity contribution in [1.29, 1.82) is 0 Å². The molecule has 0 atom stereocenters. The van der Waals surface area contributed by atoms with Crippen LogP contribution in [0.15, 0.2) is 0 Å². The van der Waals surface area contributed by atoms with Crippen LogP contribution in [-0.4, -0.2) is 0 Å². The summed E-state index contributed by atoms with van der Waals surface area (Å²) in [4.78, 5) is 0. The fraction of sp³-hybridized carbons (Fsp3) is 0. The van der Waals surface area contributed by atoms with Crippen molar-refractivity contribution in [2.75, 3.05) is 0 Å². The topological polar surface area (TPSA) is 48.1 Å². The molecule has 0 aromatic rings. The van der Waals surface area contributed by atoms with E-state index in [2.05, 4.69) is 94.2 Å². The summed E-state index contributed by atoms with van der Waals surface area (Å²) in [6.07, 6.45) is 0. The van der Waals surface area contributed by atoms with E-state index in [1.54, 1.807) is 17.4 Å². The van der Waals surface area contributed by atoms with Gasteiger partial charge in [0.1, 0.15) is 0 Å². The number of hydrogen-bond acceptors (Lipinski definition) is 4. The smallest absolute Gasteiger partial charge is 0 e. The summed E-state index contributed by atoms with van der Waals surface area (Å²) >= 11 is 36.1. The van der Waals surface area contributed by atoms with Crippen molar-refractivity contribution < 1.29 is 20.4 Å². The second kappa shape index (κ2) is 60.8. The molecular formula is H4Cl8N4Pd. The van der Waals surface area contributed by atoms with Gasteiger partial charge in [0.15, 0.2) is 0 Å². The van der Waals surface area contributed by atoms with E-state index in [0.29, 0.717) is 0 Å². The molecule has 13 heteroatoms. The molecule has 4 N–H and O–H groups in total. The largest absolute Gasteiger partial charge is 0.145 e. The van der Waals surface area contributed by atoms with Crippen LogP contribution in [0.3, 0.4) is 0 Å². The number of hydrogen-bond donors (Lipinski definition) is 4. The van der Waals surface area contributed by atoms with Gasteiger partial charge >= 0.3 is 0 Å². The van der Waals surface area contributed by atoms with E-state index in [1.165, 1.54) is 0 Å². The van der Waals surface area contributed by atoms with Gasteiger partial charge in [-0.05, 0) is 94.2 Å². The van der Waals surface area contributed by atoms with Crippen molar-refractivity contribution in [2.45, 2.75) is 0 Å². The maximum Gasteiger partial charge on any atom is 0 e. The molecule has 0 aromatic carbocycles. The zero-order valence-electron chi connectivity index (χ0n) is 5.34. The summed E-state index contributed by atoms with van der Waals surface area (Å²) in [6.45, 7) is 0. The summed E-state index contributed by atoms with van der Waals surface area (Å²) in [5.74, 6) is 0. The first-order valence-electron chi connectivity index (χ1n) is 1.51. The Bertz CT molecular complexity index is 24.1. The molecule has 90 valence electrons. The minimum Gasteiger partial charge on any atom is -0.145 e. The molecule has 0 saturated heterocycles. The van der Waals surface area contributed by atoms with Crippen LogP contribution >= 0.6 is 94.2 Å². The van der Waals surface area contributed by atoms with Crippen LogP contribution in [0.2, 0.25) is 0 Å². The maximum absolute atomic E-state index is 4.51. The van der Waals surface area contributed by atoms with E-state index in [1.807, 2.05) is 0 Å². The second-order valence-electron chi connectivity index (χ2n) is 0.286. The Morgan fingerprint density at radius 3 is 0.385 bits per heavy atom. The van der Waals surface area contributed by atoms with Gasteiger partial charge in [0.05, 0.1) is 0 Å². The van der Waals surface area contributed by atoms with E-state index in [-0.39, 0.29) is 20.4 Å². The van der Waals surface area contributed by atoms with Crippen LogP contribution in [0, 0.1) is 0 Å². The van der Waals surface area contributed by atoms with Gasteiger partial charge in [0, 0.05) is 20.4 Å². The molecule has 0 unspecified atom stereocenters. The van der Waals surface area contributed by atoms with Crippen molar-refractivity contribution in [3.63, 3.8) is 0 Å². The molecule has 0 heterocycles. The van der Waals surface area contributed by atoms with E-state index in [0.717, 1.165) is 0 Å². The summed E-state index contributed by atoms with van der Waals surface area (Å²) in [5, 5.41) is 0. The zero-order chi connectivity index (χ0) is 10.8. The molecule has 0 spiro atoms. The van der Waals surface area contributed by atoms with Gasteiger partial charge in [-0.15, -0.1) is 17.4 Å². The van der Waals surface area contributed by atoms with Gasteiger partial charge in [0.2, 0.25) is 0 Å². The Balaban J connectivity index is -0.0000000213. The van der Waals surface area contributed by atoms with Gasteiger partial charge < -0.3 is 0 Å². The fourth-order valence-corrected chi connectivity index (χ4v) is 0. The molecule has 0 rings (SSSR count). The third kappa shape index (κ3) is 306. The Morgan fingerprint density at radius 2 is 0.385 bits per heavy atom. The molecule has 0 radical (unpaired) electrons. The van der Waals surface area contributed by atoms with Gasteiger partial charge in [0.25, 0.3) is 0 Å². The molecule has 0 saturated carbocycles. The number of nitrogens with one attached hydrogen (secondary N) is 4. The quantitative estimate of drug-likeness (QED) is 0.337. The Morgan fingerprint density at radius 1 is 0.385 bits per heavy atom. The number of rotatable bonds is 0. The molecular weight excluding hydrogens is 446 g/mol. The Kier molecular flexibility index (Phi) is 139. The van der Waals surface area contributed by atoms with E-state index in [4.69, 9.17) is 0 Å². The van der Waals surface area contributed by atoms with Gasteiger partial charge in [-0.1, -0.05) is 0 Å². The van der Waals surface area contributed by atoms with Gasteiger partial charge in [-0.3, -0.25) is 0 Å². The van der Waals surface area contributed by atoms with E-state index < -0.39 is 0 Å². The van der Waals surface area contributed by atoms with Crippen LogP contribution in [0.1, 0.15) is 0 Å². The van der Waals surface area contributed by atoms with E-state index in [9.17, 15) is 0 Å². The predicted octanol–water partition coefficient (Wildman–Crippen LogP) is 3.53. The first-order chi connectivity index (χ1) is 5.66. The molecule has 0 aliphatic carbocycles. The average molecular weight is 450 g/mol. The molecule has 0 fully saturated rings. The van der Waals surface area contributed by atoms with Crippen LogP contribution in [-0.2, 0) is 20.4 Å². The monoisotopic (exact) mass is 446 g/mol. The standard InChI is InChI=1S/4Cl2HN.Pd/c4*1-3-2;/h4*3H;. The third-order valence-electron chi connectivity index (χ3n) is 0. The average Bonchev–Trinajstić information content (AvgIpc) is 1.92. The normalized spacial score (nSPS) is 5.54. The Hall–Kier alpha value is 2.82. The predicted molar refractivity (Wildman–Crippen MR) is 59.4 cm³/mol. The maximum atomic E-state index is 4.51. The molecule has 13 heavy (non-hydrogen) atoms. The van der Waals surface area contributed by atoms with Crippen molar-refractivity contribution in [3.8, 4) is 0 Å². The summed E-state index contributed by atoms with van der Waals surface area (Å²) in [7, 11) is 0. The third-order valence-corrected chi connectivity index (χ3v) is 0. The SMILES string of the molecule is ClNCl.ClNCl.ClNCl.ClNCl.[Pd]. The first kappa shape index (κ1) is 29.7. The van der Waals surface area contributed by atoms with Gasteiger partial charge in [-0.2, -0.15) is 0 Å². The van der Waals surface area contributed by atoms with Crippen molar-refractivity contribution in [3.05, 3.63) is 0 Å². The number of halogens is 8. The molecule has 0 aliphatic heterocycles. The molecule has 0 aromatic heterocycles.